The highest BCUT2D eigenvalue weighted by Crippen LogP contribution is 1.80. The van der Waals surface area contributed by atoms with Crippen LogP contribution in [-0.2, 0) is 0 Å². The van der Waals surface area contributed by atoms with Crippen molar-refractivity contribution < 1.29 is 5.73 Å². The van der Waals surface area contributed by atoms with Gasteiger partial charge in [0.25, 0.3) is 0 Å². The molecule has 3 N–H and O–H groups in total. The SMILES string of the molecule is CC(C)C[NH3+].[CH2-]C(C)C. The van der Waals surface area contributed by atoms with E-state index in [0.717, 1.165) is 12.5 Å². The lowest BCUT2D eigenvalue weighted by Gasteiger charge is -1.91. The Labute approximate surface area is 59.6 Å². The molecule has 9 heavy (non-hydrogen) atoms. The summed E-state index contributed by atoms with van der Waals surface area (Å²) >= 11 is 0. The molecule has 0 saturated heterocycles. The molecule has 0 radical (unpaired) electrons. The summed E-state index contributed by atoms with van der Waals surface area (Å²) in [5.74, 6) is 1.36. The third-order valence-corrected chi connectivity index (χ3v) is 0.577. The standard InChI is InChI=1S/C4H11N.C4H9/c1-4(2)3-5;1-4(2)3/h4H,3,5H2,1-2H3;4H,1H2,2-3H3/q;-1/p+1. The summed E-state index contributed by atoms with van der Waals surface area (Å²) in [5, 5.41) is 0. The molecule has 0 fully saturated rings. The second kappa shape index (κ2) is 7.96. The Bertz CT molecular complexity index is 37.1. The van der Waals surface area contributed by atoms with E-state index in [2.05, 4.69) is 40.4 Å². The van der Waals surface area contributed by atoms with E-state index in [1.165, 1.54) is 0 Å². The van der Waals surface area contributed by atoms with Crippen molar-refractivity contribution in [3.8, 4) is 0 Å². The molecule has 0 bridgehead atoms. The summed E-state index contributed by atoms with van der Waals surface area (Å²) in [6.45, 7) is 13.1. The van der Waals surface area contributed by atoms with Gasteiger partial charge in [0, 0.05) is 5.92 Å². The van der Waals surface area contributed by atoms with E-state index in [4.69, 9.17) is 0 Å². The molecule has 0 unspecified atom stereocenters. The average Bonchev–Trinajstić information content (AvgIpc) is 1.65. The van der Waals surface area contributed by atoms with Gasteiger partial charge in [0.05, 0.1) is 6.54 Å². The van der Waals surface area contributed by atoms with Gasteiger partial charge in [-0.05, 0) is 0 Å². The van der Waals surface area contributed by atoms with Gasteiger partial charge in [0.15, 0.2) is 0 Å². The van der Waals surface area contributed by atoms with Gasteiger partial charge in [-0.2, -0.15) is 5.92 Å². The molecule has 0 amide bonds. The summed E-state index contributed by atoms with van der Waals surface area (Å²) < 4.78 is 0. The summed E-state index contributed by atoms with van der Waals surface area (Å²) in [4.78, 5) is 0. The summed E-state index contributed by atoms with van der Waals surface area (Å²) in [6.07, 6.45) is 0. The maximum absolute atomic E-state index is 3.69. The fourth-order valence-electron chi connectivity index (χ4n) is 0. The Morgan fingerprint density at radius 2 is 1.33 bits per heavy atom. The van der Waals surface area contributed by atoms with Crippen LogP contribution in [0.5, 0.6) is 0 Å². The summed E-state index contributed by atoms with van der Waals surface area (Å²) in [5.41, 5.74) is 3.69. The molecule has 0 aliphatic rings. The van der Waals surface area contributed by atoms with Gasteiger partial charge in [-0.15, -0.1) is 0 Å². The van der Waals surface area contributed by atoms with E-state index >= 15 is 0 Å². The monoisotopic (exact) mass is 131 g/mol. The first kappa shape index (κ1) is 11.7. The van der Waals surface area contributed by atoms with Crippen LogP contribution in [0.3, 0.4) is 0 Å². The lowest BCUT2D eigenvalue weighted by atomic mass is 10.2. The molecular formula is C8H21N. The van der Waals surface area contributed by atoms with Crippen molar-refractivity contribution in [2.24, 2.45) is 11.8 Å². The van der Waals surface area contributed by atoms with Gasteiger partial charge in [-0.1, -0.05) is 27.7 Å². The molecule has 0 aliphatic carbocycles. The van der Waals surface area contributed by atoms with Crippen LogP contribution in [0.4, 0.5) is 0 Å². The van der Waals surface area contributed by atoms with Gasteiger partial charge in [0.2, 0.25) is 0 Å². The number of hydrogen-bond donors (Lipinski definition) is 1. The average molecular weight is 131 g/mol. The molecule has 0 atom stereocenters. The van der Waals surface area contributed by atoms with Crippen LogP contribution in [0.25, 0.3) is 0 Å². The molecule has 1 heteroatoms. The molecule has 0 heterocycles. The van der Waals surface area contributed by atoms with Crippen molar-refractivity contribution in [1.29, 1.82) is 0 Å². The minimum Gasteiger partial charge on any atom is -0.357 e. The Kier molecular flexibility index (Phi) is 10.4. The Morgan fingerprint density at radius 1 is 1.22 bits per heavy atom. The summed E-state index contributed by atoms with van der Waals surface area (Å²) in [7, 11) is 0. The van der Waals surface area contributed by atoms with Gasteiger partial charge >= 0.3 is 0 Å². The first-order chi connectivity index (χ1) is 4.00. The highest BCUT2D eigenvalue weighted by atomic mass is 14.5. The lowest BCUT2D eigenvalue weighted by molar-refractivity contribution is -0.376. The maximum Gasteiger partial charge on any atom is 0.0763 e. The van der Waals surface area contributed by atoms with Gasteiger partial charge in [-0.25, -0.2) is 0 Å². The van der Waals surface area contributed by atoms with Gasteiger partial charge in [-0.3, -0.25) is 0 Å². The molecule has 58 valence electrons. The molecule has 0 aromatic heterocycles. The minimum atomic E-state index is 0.583. The Morgan fingerprint density at radius 3 is 1.33 bits per heavy atom. The highest BCUT2D eigenvalue weighted by Gasteiger charge is 1.83. The number of hydrogen-bond acceptors (Lipinski definition) is 0. The Balaban J connectivity index is 0. The molecule has 0 rings (SSSR count). The smallest absolute Gasteiger partial charge is 0.0763 e. The molecule has 1 nitrogen and oxygen atoms in total. The van der Waals surface area contributed by atoms with Crippen LogP contribution in [0.1, 0.15) is 27.7 Å². The molecule has 0 aromatic rings. The van der Waals surface area contributed by atoms with Crippen molar-refractivity contribution in [3.63, 3.8) is 0 Å². The van der Waals surface area contributed by atoms with Crippen molar-refractivity contribution in [2.75, 3.05) is 6.54 Å². The van der Waals surface area contributed by atoms with Crippen LogP contribution in [0, 0.1) is 18.8 Å². The zero-order valence-electron chi connectivity index (χ0n) is 7.28. The second-order valence-corrected chi connectivity index (χ2v) is 3.08. The normalized spacial score (nSPS) is 9.33. The molecule has 0 aromatic carbocycles. The fraction of sp³-hybridized carbons (Fsp3) is 0.875. The van der Waals surface area contributed by atoms with Crippen molar-refractivity contribution in [1.82, 2.24) is 0 Å². The quantitative estimate of drug-likeness (QED) is 0.520. The minimum absolute atomic E-state index is 0.583. The van der Waals surface area contributed by atoms with Crippen molar-refractivity contribution in [3.05, 3.63) is 6.92 Å². The topological polar surface area (TPSA) is 27.6 Å². The van der Waals surface area contributed by atoms with E-state index in [0.29, 0.717) is 5.92 Å². The lowest BCUT2D eigenvalue weighted by Crippen LogP contribution is -2.52. The van der Waals surface area contributed by atoms with Crippen LogP contribution in [0.15, 0.2) is 0 Å². The molecule has 0 spiro atoms. The van der Waals surface area contributed by atoms with Crippen LogP contribution in [0.2, 0.25) is 0 Å². The van der Waals surface area contributed by atoms with Crippen molar-refractivity contribution in [2.45, 2.75) is 27.7 Å². The third-order valence-electron chi connectivity index (χ3n) is 0.577. The van der Waals surface area contributed by atoms with Crippen molar-refractivity contribution >= 4 is 0 Å². The first-order valence-corrected chi connectivity index (χ1v) is 3.63. The predicted molar refractivity (Wildman–Crippen MR) is 42.8 cm³/mol. The predicted octanol–water partition coefficient (Wildman–Crippen LogP) is 1.36. The molecule has 0 saturated carbocycles. The fourth-order valence-corrected chi connectivity index (χ4v) is 0. The van der Waals surface area contributed by atoms with E-state index in [1.54, 1.807) is 0 Å². The maximum atomic E-state index is 3.69. The highest BCUT2D eigenvalue weighted by molar-refractivity contribution is 4.38. The van der Waals surface area contributed by atoms with Crippen LogP contribution in [-0.4, -0.2) is 6.54 Å². The van der Waals surface area contributed by atoms with E-state index in [9.17, 15) is 0 Å². The van der Waals surface area contributed by atoms with Crippen LogP contribution >= 0.6 is 0 Å². The zero-order chi connectivity index (χ0) is 7.86. The molecule has 0 aliphatic heterocycles. The first-order valence-electron chi connectivity index (χ1n) is 3.63. The number of quaternary nitrogens is 1. The van der Waals surface area contributed by atoms with Crippen LogP contribution < -0.4 is 5.73 Å². The molecular weight excluding hydrogens is 110 g/mol. The largest absolute Gasteiger partial charge is 0.357 e. The summed E-state index contributed by atoms with van der Waals surface area (Å²) in [6, 6.07) is 0. The zero-order valence-corrected chi connectivity index (χ0v) is 7.28. The third kappa shape index (κ3) is 73.6. The second-order valence-electron chi connectivity index (χ2n) is 3.08. The number of rotatable bonds is 1. The van der Waals surface area contributed by atoms with E-state index < -0.39 is 0 Å². The van der Waals surface area contributed by atoms with E-state index in [1.807, 2.05) is 0 Å². The Hall–Kier alpha value is -0.0400. The van der Waals surface area contributed by atoms with E-state index in [-0.39, 0.29) is 0 Å². The van der Waals surface area contributed by atoms with Gasteiger partial charge < -0.3 is 12.7 Å². The van der Waals surface area contributed by atoms with Gasteiger partial charge in [0.1, 0.15) is 0 Å².